The van der Waals surface area contributed by atoms with Gasteiger partial charge in [-0.2, -0.15) is 5.26 Å². The zero-order valence-corrected chi connectivity index (χ0v) is 7.39. The summed E-state index contributed by atoms with van der Waals surface area (Å²) >= 11 is 1.03. The lowest BCUT2D eigenvalue weighted by atomic mass is 10.3. The minimum atomic E-state index is 0.599. The average Bonchev–Trinajstić information content (AvgIpc) is 2.09. The molecule has 3 nitrogen and oxygen atoms in total. The van der Waals surface area contributed by atoms with E-state index in [4.69, 9.17) is 15.7 Å². The number of rotatable bonds is 2. The maximum absolute atomic E-state index is 8.42. The van der Waals surface area contributed by atoms with E-state index in [1.807, 2.05) is 5.40 Å². The molecule has 0 heterocycles. The molecule has 4 heteroatoms. The van der Waals surface area contributed by atoms with E-state index in [0.717, 1.165) is 16.7 Å². The summed E-state index contributed by atoms with van der Waals surface area (Å²) < 4.78 is 4.98. The number of hydrogen-bond acceptors (Lipinski definition) is 4. The highest BCUT2D eigenvalue weighted by Gasteiger charge is 2.00. The van der Waals surface area contributed by atoms with Gasteiger partial charge in [0.25, 0.3) is 0 Å². The van der Waals surface area contributed by atoms with Crippen molar-refractivity contribution in [3.63, 3.8) is 0 Å². The smallest absolute Gasteiger partial charge is 0.138 e. The largest absolute Gasteiger partial charge is 0.497 e. The monoisotopic (exact) mass is 180 g/mol. The maximum Gasteiger partial charge on any atom is 0.138 e. The summed E-state index contributed by atoms with van der Waals surface area (Å²) in [7, 11) is 1.58. The molecule has 1 aromatic rings. The number of nitriles is 1. The van der Waals surface area contributed by atoms with Crippen molar-refractivity contribution in [2.75, 3.05) is 12.8 Å². The summed E-state index contributed by atoms with van der Waals surface area (Å²) in [5.74, 6) is 0.710. The number of nitrogens with zero attached hydrogens (tertiary/aromatic N) is 1. The molecule has 0 aliphatic carbocycles. The van der Waals surface area contributed by atoms with Gasteiger partial charge in [0, 0.05) is 10.6 Å². The summed E-state index contributed by atoms with van der Waals surface area (Å²) in [6.07, 6.45) is 0. The van der Waals surface area contributed by atoms with E-state index >= 15 is 0 Å². The van der Waals surface area contributed by atoms with Crippen LogP contribution in [0.3, 0.4) is 0 Å². The quantitative estimate of drug-likeness (QED) is 0.428. The number of hydrogen-bond donors (Lipinski definition) is 1. The van der Waals surface area contributed by atoms with Crippen LogP contribution in [0.25, 0.3) is 0 Å². The molecule has 0 aromatic heterocycles. The second-order valence-corrected chi connectivity index (χ2v) is 2.92. The second kappa shape index (κ2) is 3.88. The van der Waals surface area contributed by atoms with Crippen LogP contribution >= 0.6 is 11.8 Å². The van der Waals surface area contributed by atoms with Gasteiger partial charge in [-0.1, -0.05) is 0 Å². The zero-order chi connectivity index (χ0) is 8.97. The fourth-order valence-electron chi connectivity index (χ4n) is 0.779. The Labute approximate surface area is 75.1 Å². The van der Waals surface area contributed by atoms with Crippen LogP contribution in [0.15, 0.2) is 23.1 Å². The van der Waals surface area contributed by atoms with Gasteiger partial charge in [0.05, 0.1) is 7.11 Å². The van der Waals surface area contributed by atoms with Gasteiger partial charge >= 0.3 is 0 Å². The van der Waals surface area contributed by atoms with Crippen LogP contribution in [0.4, 0.5) is 5.69 Å². The molecule has 0 saturated carbocycles. The van der Waals surface area contributed by atoms with E-state index in [2.05, 4.69) is 0 Å². The highest BCUT2D eigenvalue weighted by molar-refractivity contribution is 8.03. The number of nitrogens with two attached hydrogens (primary N) is 1. The number of thiocyanates is 1. The number of nitrogen functional groups attached to an aromatic ring is 1. The van der Waals surface area contributed by atoms with Gasteiger partial charge in [-0.3, -0.25) is 0 Å². The van der Waals surface area contributed by atoms with Gasteiger partial charge in [0.2, 0.25) is 0 Å². The second-order valence-electron chi connectivity index (χ2n) is 2.10. The first-order chi connectivity index (χ1) is 5.77. The standard InChI is InChI=1S/C8H8N2OS/c1-11-6-2-3-7(10)8(4-6)12-5-9/h2-4H,10H2,1H3. The number of ether oxygens (including phenoxy) is 1. The molecule has 1 rings (SSSR count). The number of thioether (sulfide) groups is 1. The van der Waals surface area contributed by atoms with Crippen LogP contribution < -0.4 is 10.5 Å². The number of anilines is 1. The first kappa shape index (κ1) is 8.75. The van der Waals surface area contributed by atoms with Gasteiger partial charge < -0.3 is 10.5 Å². The predicted octanol–water partition coefficient (Wildman–Crippen LogP) is 1.85. The fraction of sp³-hybridized carbons (Fsp3) is 0.125. The SMILES string of the molecule is COc1ccc(N)c(SC#N)c1. The molecule has 1 aromatic carbocycles. The van der Waals surface area contributed by atoms with E-state index in [-0.39, 0.29) is 0 Å². The maximum atomic E-state index is 8.42. The molecule has 0 radical (unpaired) electrons. The zero-order valence-electron chi connectivity index (χ0n) is 6.57. The Morgan fingerprint density at radius 2 is 2.33 bits per heavy atom. The Balaban J connectivity index is 3.01. The third-order valence-corrected chi connectivity index (χ3v) is 2.04. The Morgan fingerprint density at radius 1 is 1.58 bits per heavy atom. The van der Waals surface area contributed by atoms with Crippen LogP contribution in [0.1, 0.15) is 0 Å². The van der Waals surface area contributed by atoms with E-state index in [1.54, 1.807) is 25.3 Å². The van der Waals surface area contributed by atoms with Crippen LogP contribution in [-0.2, 0) is 0 Å². The van der Waals surface area contributed by atoms with Crippen molar-refractivity contribution in [3.05, 3.63) is 18.2 Å². The number of benzene rings is 1. The molecule has 2 N–H and O–H groups in total. The van der Waals surface area contributed by atoms with Crippen LogP contribution in [0.2, 0.25) is 0 Å². The van der Waals surface area contributed by atoms with Crippen LogP contribution in [-0.4, -0.2) is 7.11 Å². The molecule has 12 heavy (non-hydrogen) atoms. The first-order valence-corrected chi connectivity index (χ1v) is 4.09. The third kappa shape index (κ3) is 1.83. The molecule has 0 fully saturated rings. The molecule has 0 spiro atoms. The molecule has 0 unspecified atom stereocenters. The Kier molecular flexibility index (Phi) is 2.83. The molecule has 62 valence electrons. The molecular formula is C8H8N2OS. The van der Waals surface area contributed by atoms with E-state index in [0.29, 0.717) is 11.4 Å². The van der Waals surface area contributed by atoms with Crippen molar-refractivity contribution in [2.24, 2.45) is 0 Å². The molecular weight excluding hydrogens is 172 g/mol. The highest BCUT2D eigenvalue weighted by atomic mass is 32.2. The molecule has 0 atom stereocenters. The Bertz CT molecular complexity index is 319. The summed E-state index contributed by atoms with van der Waals surface area (Å²) in [5, 5.41) is 10.4. The van der Waals surface area contributed by atoms with Crippen molar-refractivity contribution in [3.8, 4) is 11.2 Å². The van der Waals surface area contributed by atoms with Crippen molar-refractivity contribution < 1.29 is 4.74 Å². The normalized spacial score (nSPS) is 9.00. The lowest BCUT2D eigenvalue weighted by Crippen LogP contribution is -1.89. The average molecular weight is 180 g/mol. The van der Waals surface area contributed by atoms with Crippen molar-refractivity contribution in [2.45, 2.75) is 4.90 Å². The topological polar surface area (TPSA) is 59.0 Å². The van der Waals surface area contributed by atoms with E-state index in [1.165, 1.54) is 0 Å². The fourth-order valence-corrected chi connectivity index (χ4v) is 1.24. The Morgan fingerprint density at radius 3 is 2.92 bits per heavy atom. The minimum Gasteiger partial charge on any atom is -0.497 e. The molecule has 0 amide bonds. The first-order valence-electron chi connectivity index (χ1n) is 3.27. The predicted molar refractivity (Wildman–Crippen MR) is 48.9 cm³/mol. The van der Waals surface area contributed by atoms with Gasteiger partial charge in [-0.05, 0) is 30.0 Å². The third-order valence-electron chi connectivity index (χ3n) is 1.38. The lowest BCUT2D eigenvalue weighted by molar-refractivity contribution is 0.414. The van der Waals surface area contributed by atoms with E-state index in [9.17, 15) is 0 Å². The van der Waals surface area contributed by atoms with Gasteiger partial charge in [-0.25, -0.2) is 0 Å². The molecule has 0 aliphatic heterocycles. The van der Waals surface area contributed by atoms with Gasteiger partial charge in [0.1, 0.15) is 11.2 Å². The van der Waals surface area contributed by atoms with Crippen molar-refractivity contribution >= 4 is 17.4 Å². The van der Waals surface area contributed by atoms with Gasteiger partial charge in [-0.15, -0.1) is 0 Å². The summed E-state index contributed by atoms with van der Waals surface area (Å²) in [4.78, 5) is 0.733. The lowest BCUT2D eigenvalue weighted by Gasteiger charge is -2.03. The van der Waals surface area contributed by atoms with Crippen molar-refractivity contribution in [1.29, 1.82) is 5.26 Å². The Hall–Kier alpha value is -1.34. The summed E-state index contributed by atoms with van der Waals surface area (Å²) in [6.45, 7) is 0. The number of methoxy groups -OCH3 is 1. The van der Waals surface area contributed by atoms with Crippen LogP contribution in [0.5, 0.6) is 5.75 Å². The summed E-state index contributed by atoms with van der Waals surface area (Å²) in [6, 6.07) is 5.22. The molecule has 0 bridgehead atoms. The minimum absolute atomic E-state index is 0.599. The van der Waals surface area contributed by atoms with E-state index < -0.39 is 0 Å². The highest BCUT2D eigenvalue weighted by Crippen LogP contribution is 2.27. The van der Waals surface area contributed by atoms with Crippen LogP contribution in [0, 0.1) is 10.7 Å². The van der Waals surface area contributed by atoms with Gasteiger partial charge in [0.15, 0.2) is 0 Å². The summed E-state index contributed by atoms with van der Waals surface area (Å²) in [5.41, 5.74) is 6.20. The molecule has 0 aliphatic rings. The molecule has 0 saturated heterocycles. The van der Waals surface area contributed by atoms with Crippen molar-refractivity contribution in [1.82, 2.24) is 0 Å².